The van der Waals surface area contributed by atoms with E-state index < -0.39 is 0 Å². The number of ether oxygens (including phenoxy) is 1. The van der Waals surface area contributed by atoms with Crippen LogP contribution in [-0.4, -0.2) is 32.0 Å². The van der Waals surface area contributed by atoms with E-state index in [-0.39, 0.29) is 23.3 Å². The number of anilines is 1. The molecule has 2 aliphatic rings. The predicted octanol–water partition coefficient (Wildman–Crippen LogP) is 2.58. The highest BCUT2D eigenvalue weighted by atomic mass is 16.5. The van der Waals surface area contributed by atoms with Crippen LogP contribution in [0.25, 0.3) is 5.65 Å². The number of aromatic nitrogens is 3. The monoisotopic (exact) mass is 393 g/mol. The van der Waals surface area contributed by atoms with Crippen LogP contribution in [0.2, 0.25) is 0 Å². The van der Waals surface area contributed by atoms with Crippen molar-refractivity contribution in [3.8, 4) is 5.75 Å². The molecule has 3 heterocycles. The summed E-state index contributed by atoms with van der Waals surface area (Å²) in [4.78, 5) is 26.7. The number of fused-ring (bicyclic) bond motifs is 2. The van der Waals surface area contributed by atoms with E-state index in [4.69, 9.17) is 10.5 Å². The maximum absolute atomic E-state index is 12.5. The van der Waals surface area contributed by atoms with Crippen molar-refractivity contribution in [3.05, 3.63) is 54.0 Å². The summed E-state index contributed by atoms with van der Waals surface area (Å²) >= 11 is 0. The molecule has 0 bridgehead atoms. The fourth-order valence-electron chi connectivity index (χ4n) is 3.24. The number of nitrogens with two attached hydrogens (primary N) is 1. The van der Waals surface area contributed by atoms with Crippen LogP contribution in [0.4, 0.5) is 5.69 Å². The molecule has 2 aromatic heterocycles. The van der Waals surface area contributed by atoms with Crippen molar-refractivity contribution in [3.63, 3.8) is 0 Å². The van der Waals surface area contributed by atoms with Crippen molar-refractivity contribution < 1.29 is 14.3 Å². The molecule has 5 rings (SSSR count). The number of carbonyl (C=O) groups is 2. The topological polar surface area (TPSA) is 112 Å². The maximum atomic E-state index is 12.5. The second-order valence-electron chi connectivity index (χ2n) is 7.94. The molecule has 1 aliphatic heterocycles. The average Bonchev–Trinajstić information content (AvgIpc) is 3.36. The van der Waals surface area contributed by atoms with Crippen molar-refractivity contribution in [1.82, 2.24) is 14.6 Å². The number of nitrogens with zero attached hydrogens (tertiary/aromatic N) is 3. The molecule has 3 aromatic rings. The number of amides is 2. The van der Waals surface area contributed by atoms with Crippen LogP contribution in [-0.2, 0) is 11.2 Å². The quantitative estimate of drug-likeness (QED) is 0.710. The second kappa shape index (κ2) is 7.20. The Bertz CT molecular complexity index is 1080. The molecule has 1 aromatic carbocycles. The predicted molar refractivity (Wildman–Crippen MR) is 108 cm³/mol. The molecule has 0 radical (unpaired) electrons. The highest BCUT2D eigenvalue weighted by Crippen LogP contribution is 2.36. The highest BCUT2D eigenvalue weighted by Gasteiger charge is 2.30. The number of hydrogen-bond acceptors (Lipinski definition) is 5. The lowest BCUT2D eigenvalue weighted by atomic mass is 10.0. The lowest BCUT2D eigenvalue weighted by Crippen LogP contribution is -2.24. The van der Waals surface area contributed by atoms with E-state index in [1.807, 2.05) is 18.2 Å². The first-order chi connectivity index (χ1) is 13.8. The zero-order valence-corrected chi connectivity index (χ0v) is 16.4. The van der Waals surface area contributed by atoms with Gasteiger partial charge < -0.3 is 15.8 Å². The van der Waals surface area contributed by atoms with Gasteiger partial charge in [-0.15, -0.1) is 0 Å². The summed E-state index contributed by atoms with van der Waals surface area (Å²) in [7, 11) is 0. The van der Waals surface area contributed by atoms with E-state index in [1.165, 1.54) is 6.20 Å². The van der Waals surface area contributed by atoms with E-state index in [0.29, 0.717) is 11.2 Å². The molecule has 8 nitrogen and oxygen atoms in total. The van der Waals surface area contributed by atoms with Gasteiger partial charge in [-0.3, -0.25) is 9.59 Å². The maximum Gasteiger partial charge on any atom is 0.261 e. The summed E-state index contributed by atoms with van der Waals surface area (Å²) in [5.41, 5.74) is 7.49. The zero-order valence-electron chi connectivity index (χ0n) is 16.4. The Hall–Kier alpha value is -3.42. The van der Waals surface area contributed by atoms with Crippen LogP contribution in [0, 0.1) is 5.92 Å². The summed E-state index contributed by atoms with van der Waals surface area (Å²) in [6.45, 7) is 4.10. The molecular formula is C21H23N5O3. The van der Waals surface area contributed by atoms with Gasteiger partial charge in [0.05, 0.1) is 6.20 Å². The first-order valence-corrected chi connectivity index (χ1v) is 9.53. The zero-order chi connectivity index (χ0) is 20.6. The second-order valence-corrected chi connectivity index (χ2v) is 7.94. The van der Waals surface area contributed by atoms with Gasteiger partial charge in [0.2, 0.25) is 5.91 Å². The van der Waals surface area contributed by atoms with Crippen molar-refractivity contribution in [2.45, 2.75) is 38.7 Å². The Labute approximate surface area is 168 Å². The van der Waals surface area contributed by atoms with Crippen LogP contribution in [0.3, 0.4) is 0 Å². The van der Waals surface area contributed by atoms with E-state index in [0.717, 1.165) is 36.3 Å². The highest BCUT2D eigenvalue weighted by molar-refractivity contribution is 6.08. The van der Waals surface area contributed by atoms with E-state index >= 15 is 0 Å². The number of hydrogen-bond donors (Lipinski definition) is 2. The minimum Gasteiger partial charge on any atom is -0.487 e. The van der Waals surface area contributed by atoms with Gasteiger partial charge in [0.15, 0.2) is 5.65 Å². The smallest absolute Gasteiger partial charge is 0.261 e. The number of benzene rings is 1. The van der Waals surface area contributed by atoms with Gasteiger partial charge >= 0.3 is 0 Å². The SMILES string of the molecule is CC1(C)Cc2cc(NC(=O)c3cnn4cccnc34)ccc2O1.NC(=O)C1CC1. The molecule has 1 saturated carbocycles. The Balaban J connectivity index is 0.000000294. The van der Waals surface area contributed by atoms with Crippen molar-refractivity contribution in [1.29, 1.82) is 0 Å². The van der Waals surface area contributed by atoms with Gasteiger partial charge in [-0.1, -0.05) is 0 Å². The van der Waals surface area contributed by atoms with Crippen LogP contribution >= 0.6 is 0 Å². The summed E-state index contributed by atoms with van der Waals surface area (Å²) in [5.74, 6) is 0.766. The van der Waals surface area contributed by atoms with Crippen LogP contribution in [0.15, 0.2) is 42.9 Å². The molecular weight excluding hydrogens is 370 g/mol. The molecule has 1 fully saturated rings. The van der Waals surface area contributed by atoms with E-state index in [9.17, 15) is 9.59 Å². The summed E-state index contributed by atoms with van der Waals surface area (Å²) < 4.78 is 7.43. The van der Waals surface area contributed by atoms with Gasteiger partial charge in [-0.25, -0.2) is 9.50 Å². The van der Waals surface area contributed by atoms with Crippen molar-refractivity contribution in [2.75, 3.05) is 5.32 Å². The molecule has 0 saturated heterocycles. The summed E-state index contributed by atoms with van der Waals surface area (Å²) in [5, 5.41) is 7.04. The number of carbonyl (C=O) groups excluding carboxylic acids is 2. The largest absolute Gasteiger partial charge is 0.487 e. The number of rotatable bonds is 3. The Morgan fingerprint density at radius 2 is 2.10 bits per heavy atom. The van der Waals surface area contributed by atoms with Gasteiger partial charge in [-0.2, -0.15) is 5.10 Å². The van der Waals surface area contributed by atoms with E-state index in [2.05, 4.69) is 29.2 Å². The molecule has 8 heteroatoms. The minimum absolute atomic E-state index is 0.130. The normalized spacial score (nSPS) is 16.3. The molecule has 0 atom stereocenters. The Kier molecular flexibility index (Phi) is 4.70. The fourth-order valence-corrected chi connectivity index (χ4v) is 3.24. The number of nitrogens with one attached hydrogen (secondary N) is 1. The van der Waals surface area contributed by atoms with Crippen LogP contribution in [0.1, 0.15) is 42.6 Å². The summed E-state index contributed by atoms with van der Waals surface area (Å²) in [6, 6.07) is 7.47. The van der Waals surface area contributed by atoms with Crippen molar-refractivity contribution >= 4 is 23.1 Å². The summed E-state index contributed by atoms with van der Waals surface area (Å²) in [6.07, 6.45) is 7.79. The third kappa shape index (κ3) is 4.21. The van der Waals surface area contributed by atoms with Gasteiger partial charge in [0.25, 0.3) is 5.91 Å². The lowest BCUT2D eigenvalue weighted by molar-refractivity contribution is -0.119. The van der Waals surface area contributed by atoms with Gasteiger partial charge in [0, 0.05) is 36.0 Å². The molecule has 0 unspecified atom stereocenters. The first kappa shape index (κ1) is 18.9. The van der Waals surface area contributed by atoms with E-state index in [1.54, 1.807) is 23.0 Å². The first-order valence-electron chi connectivity index (χ1n) is 9.53. The molecule has 2 amide bonds. The standard InChI is InChI=1S/C17H16N4O2.C4H7NO/c1-17(2)9-11-8-12(4-5-14(11)23-17)20-16(22)13-10-19-21-7-3-6-18-15(13)21;5-4(6)3-1-2-3/h3-8,10H,9H2,1-2H3,(H,20,22);3H,1-2H2,(H2,5,6). The third-order valence-electron chi connectivity index (χ3n) is 4.82. The average molecular weight is 393 g/mol. The Morgan fingerprint density at radius 1 is 1.31 bits per heavy atom. The number of primary amides is 1. The molecule has 0 spiro atoms. The minimum atomic E-state index is -0.225. The molecule has 150 valence electrons. The van der Waals surface area contributed by atoms with Crippen LogP contribution < -0.4 is 15.8 Å². The fraction of sp³-hybridized carbons (Fsp3) is 0.333. The molecule has 29 heavy (non-hydrogen) atoms. The van der Waals surface area contributed by atoms with Crippen LogP contribution in [0.5, 0.6) is 5.75 Å². The Morgan fingerprint density at radius 3 is 2.79 bits per heavy atom. The third-order valence-corrected chi connectivity index (χ3v) is 4.82. The molecule has 1 aliphatic carbocycles. The molecule has 3 N–H and O–H groups in total. The van der Waals surface area contributed by atoms with Crippen molar-refractivity contribution in [2.24, 2.45) is 11.7 Å². The lowest BCUT2D eigenvalue weighted by Gasteiger charge is -2.16. The van der Waals surface area contributed by atoms with Gasteiger partial charge in [0.1, 0.15) is 16.9 Å². The van der Waals surface area contributed by atoms with Gasteiger partial charge in [-0.05, 0) is 51.0 Å².